The van der Waals surface area contributed by atoms with Crippen molar-refractivity contribution in [3.05, 3.63) is 48.6 Å². The highest BCUT2D eigenvalue weighted by molar-refractivity contribution is 6.69. The number of hydrogen-bond acceptors (Lipinski definition) is 4. The van der Waals surface area contributed by atoms with Gasteiger partial charge in [0.1, 0.15) is 6.10 Å². The Morgan fingerprint density at radius 3 is 2.39 bits per heavy atom. The second-order valence-electron chi connectivity index (χ2n) is 8.88. The molecule has 0 spiro atoms. The molecule has 0 saturated heterocycles. The zero-order valence-electron chi connectivity index (χ0n) is 18.0. The first-order valence-electron chi connectivity index (χ1n) is 10.6. The quantitative estimate of drug-likeness (QED) is 0.217. The zero-order valence-corrected chi connectivity index (χ0v) is 19.0. The van der Waals surface area contributed by atoms with E-state index in [1.165, 1.54) is 44.6 Å². The Bertz CT molecular complexity index is 608. The number of esters is 1. The Morgan fingerprint density at radius 2 is 1.86 bits per heavy atom. The number of hydrogen-bond donors (Lipinski definition) is 0. The molecule has 0 heterocycles. The smallest absolute Gasteiger partial charge is 0.303 e. The summed E-state index contributed by atoms with van der Waals surface area (Å²) in [6.45, 7) is 12.7. The lowest BCUT2D eigenvalue weighted by molar-refractivity contribution is -0.167. The molecule has 1 aliphatic carbocycles. The van der Waals surface area contributed by atoms with Gasteiger partial charge in [-0.3, -0.25) is 4.79 Å². The maximum atomic E-state index is 11.8. The zero-order chi connectivity index (χ0) is 20.6. The first-order chi connectivity index (χ1) is 13.3. The molecule has 0 N–H and O–H groups in total. The van der Waals surface area contributed by atoms with E-state index in [0.717, 1.165) is 6.42 Å². The van der Waals surface area contributed by atoms with Crippen molar-refractivity contribution in [2.24, 2.45) is 5.92 Å². The normalized spacial score (nSPS) is 17.9. The van der Waals surface area contributed by atoms with Gasteiger partial charge in [-0.25, -0.2) is 0 Å². The monoisotopic (exact) mass is 403 g/mol. The van der Waals surface area contributed by atoms with E-state index in [1.807, 2.05) is 6.07 Å². The van der Waals surface area contributed by atoms with Gasteiger partial charge in [-0.05, 0) is 43.6 Å². The number of ether oxygens (including phenoxy) is 1. The lowest BCUT2D eigenvalue weighted by Gasteiger charge is -2.40. The molecule has 2 atom stereocenters. The third-order valence-electron chi connectivity index (χ3n) is 5.16. The van der Waals surface area contributed by atoms with Crippen molar-refractivity contribution in [2.45, 2.75) is 83.8 Å². The molecule has 1 fully saturated rings. The summed E-state index contributed by atoms with van der Waals surface area (Å²) in [6.07, 6.45) is 8.74. The molecule has 0 amide bonds. The summed E-state index contributed by atoms with van der Waals surface area (Å²) in [7, 11) is -1.85. The van der Waals surface area contributed by atoms with Crippen LogP contribution in [0.25, 0.3) is 0 Å². The highest BCUT2D eigenvalue weighted by Crippen LogP contribution is 2.32. The highest BCUT2D eigenvalue weighted by Gasteiger charge is 2.34. The van der Waals surface area contributed by atoms with Gasteiger partial charge in [-0.15, -0.1) is 0 Å². The van der Waals surface area contributed by atoms with Crippen molar-refractivity contribution < 1.29 is 14.1 Å². The Labute approximate surface area is 172 Å². The van der Waals surface area contributed by atoms with E-state index in [2.05, 4.69) is 55.5 Å². The standard InChI is InChI=1S/C23H37NO3Si/c1-6-23(26-19(2)25)22(17-20-13-9-7-10-14-20)24(27-28(3,4)5)18-21-15-11-8-12-16-21/h6,8,11-12,15-16,20,22-23H,1,7,9-10,13-14,17-18H2,2-5H3/t22-,23+/m1/s1. The van der Waals surface area contributed by atoms with E-state index in [4.69, 9.17) is 9.26 Å². The molecule has 1 aromatic carbocycles. The Morgan fingerprint density at radius 1 is 1.21 bits per heavy atom. The van der Waals surface area contributed by atoms with E-state index in [-0.39, 0.29) is 18.1 Å². The topological polar surface area (TPSA) is 38.8 Å². The summed E-state index contributed by atoms with van der Waals surface area (Å²) in [4.78, 5) is 11.8. The maximum Gasteiger partial charge on any atom is 0.303 e. The van der Waals surface area contributed by atoms with Crippen molar-refractivity contribution in [1.82, 2.24) is 5.06 Å². The summed E-state index contributed by atoms with van der Waals surface area (Å²) in [6, 6.07) is 10.3. The average molecular weight is 404 g/mol. The lowest BCUT2D eigenvalue weighted by Crippen LogP contribution is -2.49. The van der Waals surface area contributed by atoms with Crippen LogP contribution in [0.1, 0.15) is 51.0 Å². The Hall–Kier alpha value is -1.43. The van der Waals surface area contributed by atoms with Crippen molar-refractivity contribution in [3.8, 4) is 0 Å². The van der Waals surface area contributed by atoms with Gasteiger partial charge in [0, 0.05) is 13.5 Å². The predicted octanol–water partition coefficient (Wildman–Crippen LogP) is 5.71. The van der Waals surface area contributed by atoms with E-state index in [1.54, 1.807) is 6.08 Å². The van der Waals surface area contributed by atoms with Gasteiger partial charge in [-0.2, -0.15) is 5.06 Å². The Kier molecular flexibility index (Phi) is 8.92. The summed E-state index contributed by atoms with van der Waals surface area (Å²) >= 11 is 0. The van der Waals surface area contributed by atoms with Crippen LogP contribution in [0.5, 0.6) is 0 Å². The van der Waals surface area contributed by atoms with Gasteiger partial charge < -0.3 is 9.26 Å². The van der Waals surface area contributed by atoms with Gasteiger partial charge in [0.2, 0.25) is 8.32 Å². The lowest BCUT2D eigenvalue weighted by atomic mass is 9.83. The van der Waals surface area contributed by atoms with Gasteiger partial charge in [0.15, 0.2) is 0 Å². The molecule has 156 valence electrons. The number of rotatable bonds is 10. The number of benzene rings is 1. The van der Waals surface area contributed by atoms with Gasteiger partial charge >= 0.3 is 5.97 Å². The van der Waals surface area contributed by atoms with Crippen LogP contribution < -0.4 is 0 Å². The van der Waals surface area contributed by atoms with Crippen LogP contribution in [0.4, 0.5) is 0 Å². The van der Waals surface area contributed by atoms with E-state index in [0.29, 0.717) is 12.5 Å². The number of carbonyl (C=O) groups excluding carboxylic acids is 1. The molecule has 4 nitrogen and oxygen atoms in total. The van der Waals surface area contributed by atoms with Crippen LogP contribution in [0.3, 0.4) is 0 Å². The molecule has 1 saturated carbocycles. The molecular weight excluding hydrogens is 366 g/mol. The third-order valence-corrected chi connectivity index (χ3v) is 5.94. The molecule has 0 aliphatic heterocycles. The first-order valence-corrected chi connectivity index (χ1v) is 14.0. The van der Waals surface area contributed by atoms with Crippen LogP contribution in [0.2, 0.25) is 19.6 Å². The van der Waals surface area contributed by atoms with Crippen LogP contribution in [0.15, 0.2) is 43.0 Å². The van der Waals surface area contributed by atoms with Crippen LogP contribution >= 0.6 is 0 Å². The minimum Gasteiger partial charge on any atom is -0.457 e. The molecule has 28 heavy (non-hydrogen) atoms. The molecule has 0 bridgehead atoms. The largest absolute Gasteiger partial charge is 0.457 e. The fraction of sp³-hybridized carbons (Fsp3) is 0.609. The average Bonchev–Trinajstić information content (AvgIpc) is 2.64. The molecular formula is C23H37NO3Si. The SMILES string of the molecule is C=C[C@H](OC(C)=O)[C@@H](CC1CCCCC1)N(Cc1ccccc1)O[Si](C)(C)C. The molecule has 2 rings (SSSR count). The summed E-state index contributed by atoms with van der Waals surface area (Å²) < 4.78 is 12.2. The summed E-state index contributed by atoms with van der Waals surface area (Å²) in [5.41, 5.74) is 1.19. The van der Waals surface area contributed by atoms with E-state index in [9.17, 15) is 4.79 Å². The molecule has 0 aromatic heterocycles. The van der Waals surface area contributed by atoms with Crippen molar-refractivity contribution >= 4 is 14.3 Å². The highest BCUT2D eigenvalue weighted by atomic mass is 28.4. The van der Waals surface area contributed by atoms with Crippen molar-refractivity contribution in [2.75, 3.05) is 0 Å². The summed E-state index contributed by atoms with van der Waals surface area (Å²) in [5, 5.41) is 2.09. The molecule has 0 radical (unpaired) electrons. The number of nitrogens with zero attached hydrogens (tertiary/aromatic N) is 1. The van der Waals surface area contributed by atoms with Crippen LogP contribution in [0, 0.1) is 5.92 Å². The van der Waals surface area contributed by atoms with Crippen LogP contribution in [-0.2, 0) is 20.6 Å². The van der Waals surface area contributed by atoms with Crippen molar-refractivity contribution in [3.63, 3.8) is 0 Å². The molecule has 5 heteroatoms. The van der Waals surface area contributed by atoms with E-state index >= 15 is 0 Å². The summed E-state index contributed by atoms with van der Waals surface area (Å²) in [5.74, 6) is 0.367. The fourth-order valence-electron chi connectivity index (χ4n) is 3.99. The minimum absolute atomic E-state index is 0.0311. The fourth-order valence-corrected chi connectivity index (χ4v) is 4.89. The first kappa shape index (κ1) is 22.9. The van der Waals surface area contributed by atoms with Gasteiger partial charge in [0.25, 0.3) is 0 Å². The molecule has 0 unspecified atom stereocenters. The second-order valence-corrected chi connectivity index (χ2v) is 13.3. The third kappa shape index (κ3) is 7.90. The molecule has 1 aromatic rings. The second kappa shape index (κ2) is 10.9. The van der Waals surface area contributed by atoms with Crippen molar-refractivity contribution in [1.29, 1.82) is 0 Å². The van der Waals surface area contributed by atoms with Gasteiger partial charge in [0.05, 0.1) is 6.04 Å². The predicted molar refractivity (Wildman–Crippen MR) is 117 cm³/mol. The van der Waals surface area contributed by atoms with E-state index < -0.39 is 8.32 Å². The van der Waals surface area contributed by atoms with Crippen LogP contribution in [-0.4, -0.2) is 31.5 Å². The number of carbonyl (C=O) groups is 1. The van der Waals surface area contributed by atoms with Gasteiger partial charge in [-0.1, -0.05) is 69.0 Å². The maximum absolute atomic E-state index is 11.8. The number of hydroxylamine groups is 2. The molecule has 1 aliphatic rings. The minimum atomic E-state index is -1.85. The Balaban J connectivity index is 2.30.